The normalized spacial score (nSPS) is 17.6. The molecule has 33 heavy (non-hydrogen) atoms. The Labute approximate surface area is 194 Å². The van der Waals surface area contributed by atoms with Crippen molar-refractivity contribution in [2.75, 3.05) is 19.0 Å². The summed E-state index contributed by atoms with van der Waals surface area (Å²) in [6.45, 7) is 1.87. The highest BCUT2D eigenvalue weighted by atomic mass is 16.5. The van der Waals surface area contributed by atoms with Crippen molar-refractivity contribution in [3.05, 3.63) is 59.7 Å². The summed E-state index contributed by atoms with van der Waals surface area (Å²) in [4.78, 5) is 37.2. The number of carbonyl (C=O) groups is 3. The smallest absolute Gasteiger partial charge is 0.340 e. The second-order valence-corrected chi connectivity index (χ2v) is 8.54. The maximum atomic E-state index is 12.6. The first-order valence-corrected chi connectivity index (χ1v) is 11.4. The quantitative estimate of drug-likeness (QED) is 0.558. The van der Waals surface area contributed by atoms with E-state index in [4.69, 9.17) is 9.47 Å². The van der Waals surface area contributed by atoms with Crippen molar-refractivity contribution in [1.82, 2.24) is 5.32 Å². The van der Waals surface area contributed by atoms with E-state index in [1.165, 1.54) is 0 Å². The standard InChI is InChI=1S/C26H32N2O5/c1-18-7-12-20(13-8-18)27-25(30)17-33-26(31)22-5-3-4-6-23(22)28-24(29)16-11-19-9-14-21(32-2)15-10-19/h3-6,9-10,14-15,18,20H,7-8,11-13,16-17H2,1-2H3,(H,27,30)(H,28,29). The van der Waals surface area contributed by atoms with E-state index in [0.717, 1.165) is 37.0 Å². The number of carbonyl (C=O) groups excluding carboxylic acids is 3. The number of anilines is 1. The van der Waals surface area contributed by atoms with Gasteiger partial charge in [0.05, 0.1) is 18.4 Å². The Morgan fingerprint density at radius 3 is 2.33 bits per heavy atom. The fourth-order valence-corrected chi connectivity index (χ4v) is 3.92. The molecule has 1 fully saturated rings. The molecular formula is C26H32N2O5. The molecule has 0 spiro atoms. The molecule has 7 nitrogen and oxygen atoms in total. The summed E-state index contributed by atoms with van der Waals surface area (Å²) in [6, 6.07) is 14.3. The molecule has 2 N–H and O–H groups in total. The van der Waals surface area contributed by atoms with Crippen LogP contribution in [0.4, 0.5) is 5.69 Å². The van der Waals surface area contributed by atoms with Crippen LogP contribution in [-0.4, -0.2) is 37.5 Å². The molecule has 2 aromatic rings. The highest BCUT2D eigenvalue weighted by Gasteiger charge is 2.21. The lowest BCUT2D eigenvalue weighted by atomic mass is 9.87. The number of amides is 2. The predicted octanol–water partition coefficient (Wildman–Crippen LogP) is 4.12. The van der Waals surface area contributed by atoms with Crippen molar-refractivity contribution in [2.45, 2.75) is 51.5 Å². The molecule has 2 amide bonds. The number of benzene rings is 2. The highest BCUT2D eigenvalue weighted by Crippen LogP contribution is 2.23. The zero-order valence-corrected chi connectivity index (χ0v) is 19.3. The van der Waals surface area contributed by atoms with E-state index < -0.39 is 5.97 Å². The van der Waals surface area contributed by atoms with Gasteiger partial charge in [0.2, 0.25) is 5.91 Å². The van der Waals surface area contributed by atoms with Gasteiger partial charge in [-0.15, -0.1) is 0 Å². The second-order valence-electron chi connectivity index (χ2n) is 8.54. The number of aryl methyl sites for hydroxylation is 1. The van der Waals surface area contributed by atoms with Gasteiger partial charge in [0, 0.05) is 12.5 Å². The van der Waals surface area contributed by atoms with E-state index >= 15 is 0 Å². The van der Waals surface area contributed by atoms with Crippen LogP contribution in [0.15, 0.2) is 48.5 Å². The van der Waals surface area contributed by atoms with Crippen molar-refractivity contribution in [3.63, 3.8) is 0 Å². The molecule has 3 rings (SSSR count). The van der Waals surface area contributed by atoms with Crippen LogP contribution in [0.5, 0.6) is 5.75 Å². The monoisotopic (exact) mass is 452 g/mol. The average molecular weight is 453 g/mol. The van der Waals surface area contributed by atoms with Crippen LogP contribution in [-0.2, 0) is 20.7 Å². The fourth-order valence-electron chi connectivity index (χ4n) is 3.92. The van der Waals surface area contributed by atoms with Crippen LogP contribution in [0, 0.1) is 5.92 Å². The lowest BCUT2D eigenvalue weighted by Crippen LogP contribution is -2.39. The molecule has 0 atom stereocenters. The van der Waals surface area contributed by atoms with Gasteiger partial charge in [0.15, 0.2) is 6.61 Å². The Bertz CT molecular complexity index is 949. The summed E-state index contributed by atoms with van der Waals surface area (Å²) in [5.74, 6) is 0.296. The Hall–Kier alpha value is -3.35. The topological polar surface area (TPSA) is 93.7 Å². The minimum absolute atomic E-state index is 0.143. The molecule has 0 unspecified atom stereocenters. The molecular weight excluding hydrogens is 420 g/mol. The van der Waals surface area contributed by atoms with Crippen molar-refractivity contribution < 1.29 is 23.9 Å². The zero-order chi connectivity index (χ0) is 23.6. The largest absolute Gasteiger partial charge is 0.497 e. The predicted molar refractivity (Wildman–Crippen MR) is 126 cm³/mol. The molecule has 1 aliphatic rings. The summed E-state index contributed by atoms with van der Waals surface area (Å²) in [5.41, 5.74) is 1.59. The number of methoxy groups -OCH3 is 1. The van der Waals surface area contributed by atoms with Crippen molar-refractivity contribution in [3.8, 4) is 5.75 Å². The number of rotatable bonds is 9. The van der Waals surface area contributed by atoms with E-state index in [-0.39, 0.29) is 36.4 Å². The minimum atomic E-state index is -0.645. The molecule has 0 bridgehead atoms. The van der Waals surface area contributed by atoms with E-state index in [1.807, 2.05) is 24.3 Å². The molecule has 0 saturated heterocycles. The van der Waals surface area contributed by atoms with E-state index in [1.54, 1.807) is 31.4 Å². The minimum Gasteiger partial charge on any atom is -0.497 e. The van der Waals surface area contributed by atoms with E-state index in [2.05, 4.69) is 17.6 Å². The summed E-state index contributed by atoms with van der Waals surface area (Å²) < 4.78 is 10.3. The van der Waals surface area contributed by atoms with Crippen molar-refractivity contribution >= 4 is 23.5 Å². The molecule has 1 saturated carbocycles. The van der Waals surface area contributed by atoms with Gasteiger partial charge < -0.3 is 20.1 Å². The van der Waals surface area contributed by atoms with Crippen LogP contribution in [0.25, 0.3) is 0 Å². The average Bonchev–Trinajstić information content (AvgIpc) is 2.83. The summed E-state index contributed by atoms with van der Waals surface area (Å²) in [6.07, 6.45) is 4.91. The molecule has 1 aliphatic carbocycles. The van der Waals surface area contributed by atoms with Crippen LogP contribution >= 0.6 is 0 Å². The molecule has 0 aromatic heterocycles. The van der Waals surface area contributed by atoms with Gasteiger partial charge >= 0.3 is 5.97 Å². The first-order valence-electron chi connectivity index (χ1n) is 11.4. The SMILES string of the molecule is COc1ccc(CCC(=O)Nc2ccccc2C(=O)OCC(=O)NC2CCC(C)CC2)cc1. The van der Waals surface area contributed by atoms with Gasteiger partial charge in [-0.1, -0.05) is 31.2 Å². The number of hydrogen-bond acceptors (Lipinski definition) is 5. The third-order valence-corrected chi connectivity index (χ3v) is 5.94. The van der Waals surface area contributed by atoms with E-state index in [0.29, 0.717) is 18.0 Å². The van der Waals surface area contributed by atoms with Crippen LogP contribution in [0.2, 0.25) is 0 Å². The second kappa shape index (κ2) is 12.0. The first-order chi connectivity index (χ1) is 15.9. The van der Waals surface area contributed by atoms with Gasteiger partial charge in [-0.2, -0.15) is 0 Å². The van der Waals surface area contributed by atoms with Crippen LogP contribution in [0.1, 0.15) is 54.9 Å². The number of ether oxygens (including phenoxy) is 2. The molecule has 2 aromatic carbocycles. The Morgan fingerprint density at radius 1 is 0.939 bits per heavy atom. The highest BCUT2D eigenvalue weighted by molar-refractivity contribution is 6.01. The third kappa shape index (κ3) is 7.63. The molecule has 0 heterocycles. The summed E-state index contributed by atoms with van der Waals surface area (Å²) >= 11 is 0. The van der Waals surface area contributed by atoms with Crippen LogP contribution < -0.4 is 15.4 Å². The van der Waals surface area contributed by atoms with Gasteiger partial charge in [0.1, 0.15) is 5.75 Å². The summed E-state index contributed by atoms with van der Waals surface area (Å²) in [7, 11) is 1.61. The number of para-hydroxylation sites is 1. The number of esters is 1. The Morgan fingerprint density at radius 2 is 1.64 bits per heavy atom. The first kappa shape index (κ1) is 24.3. The maximum Gasteiger partial charge on any atom is 0.340 e. The Kier molecular flexibility index (Phi) is 8.87. The van der Waals surface area contributed by atoms with Gasteiger partial charge in [0.25, 0.3) is 5.91 Å². The van der Waals surface area contributed by atoms with Crippen molar-refractivity contribution in [2.24, 2.45) is 5.92 Å². The fraction of sp³-hybridized carbons (Fsp3) is 0.423. The zero-order valence-electron chi connectivity index (χ0n) is 19.3. The van der Waals surface area contributed by atoms with Gasteiger partial charge in [-0.25, -0.2) is 4.79 Å². The Balaban J connectivity index is 1.48. The van der Waals surface area contributed by atoms with Gasteiger partial charge in [-0.05, 0) is 67.9 Å². The lowest BCUT2D eigenvalue weighted by Gasteiger charge is -2.26. The summed E-state index contributed by atoms with van der Waals surface area (Å²) in [5, 5.41) is 5.72. The number of hydrogen-bond donors (Lipinski definition) is 2. The van der Waals surface area contributed by atoms with E-state index in [9.17, 15) is 14.4 Å². The molecule has 0 radical (unpaired) electrons. The number of nitrogens with one attached hydrogen (secondary N) is 2. The van der Waals surface area contributed by atoms with Crippen molar-refractivity contribution in [1.29, 1.82) is 0 Å². The lowest BCUT2D eigenvalue weighted by molar-refractivity contribution is -0.125. The molecule has 7 heteroatoms. The third-order valence-electron chi connectivity index (χ3n) is 5.94. The van der Waals surface area contributed by atoms with Crippen LogP contribution in [0.3, 0.4) is 0 Å². The maximum absolute atomic E-state index is 12.6. The molecule has 0 aliphatic heterocycles. The molecule has 176 valence electrons. The van der Waals surface area contributed by atoms with Gasteiger partial charge in [-0.3, -0.25) is 9.59 Å².